The zero-order valence-electron chi connectivity index (χ0n) is 7.51. The van der Waals surface area contributed by atoms with E-state index in [1.807, 2.05) is 5.38 Å². The summed E-state index contributed by atoms with van der Waals surface area (Å²) in [6, 6.07) is 3.44. The van der Waals surface area contributed by atoms with Crippen LogP contribution in [0.25, 0.3) is 0 Å². The quantitative estimate of drug-likeness (QED) is 0.726. The summed E-state index contributed by atoms with van der Waals surface area (Å²) in [5.74, 6) is 0. The van der Waals surface area contributed by atoms with Crippen LogP contribution in [0.5, 0.6) is 0 Å². The van der Waals surface area contributed by atoms with Crippen molar-refractivity contribution >= 4 is 46.1 Å². The zero-order valence-corrected chi connectivity index (χ0v) is 10.6. The average molecular weight is 279 g/mol. The molecular weight excluding hydrogens is 273 g/mol. The molecule has 0 amide bonds. The van der Waals surface area contributed by atoms with Crippen LogP contribution in [0.1, 0.15) is 11.3 Å². The molecule has 0 saturated heterocycles. The van der Waals surface area contributed by atoms with Crippen LogP contribution in [0.4, 0.5) is 0 Å². The summed E-state index contributed by atoms with van der Waals surface area (Å²) in [5.41, 5.74) is 3.72. The van der Waals surface area contributed by atoms with Gasteiger partial charge in [0.2, 0.25) is 0 Å². The highest BCUT2D eigenvalue weighted by Gasteiger charge is 2.07. The molecule has 0 N–H and O–H groups in total. The number of rotatable bonds is 2. The summed E-state index contributed by atoms with van der Waals surface area (Å²) in [7, 11) is 0. The molecule has 0 spiro atoms. The number of benzene rings is 1. The molecular formula is C10H6Cl3NS. The lowest BCUT2D eigenvalue weighted by molar-refractivity contribution is 1.11. The molecule has 0 saturated carbocycles. The van der Waals surface area contributed by atoms with Crippen LogP contribution < -0.4 is 0 Å². The Bertz CT molecular complexity index is 468. The third-order valence-electron chi connectivity index (χ3n) is 1.94. The highest BCUT2D eigenvalue weighted by Crippen LogP contribution is 2.30. The van der Waals surface area contributed by atoms with Gasteiger partial charge in [0.1, 0.15) is 0 Å². The number of nitrogens with zero attached hydrogens (tertiary/aromatic N) is 1. The fourth-order valence-electron chi connectivity index (χ4n) is 1.22. The molecule has 1 aromatic carbocycles. The Morgan fingerprint density at radius 3 is 2.47 bits per heavy atom. The SMILES string of the molecule is Clc1cc(Cl)c(Cc2cscn2)cc1Cl. The minimum atomic E-state index is 0.476. The molecule has 78 valence electrons. The topological polar surface area (TPSA) is 12.9 Å². The van der Waals surface area contributed by atoms with E-state index in [9.17, 15) is 0 Å². The molecule has 1 aromatic heterocycles. The van der Waals surface area contributed by atoms with Crippen molar-refractivity contribution in [2.75, 3.05) is 0 Å². The lowest BCUT2D eigenvalue weighted by Crippen LogP contribution is -1.89. The summed E-state index contributed by atoms with van der Waals surface area (Å²) in [6.07, 6.45) is 0.680. The Morgan fingerprint density at radius 2 is 1.80 bits per heavy atom. The maximum absolute atomic E-state index is 6.05. The van der Waals surface area contributed by atoms with Gasteiger partial charge in [-0.05, 0) is 17.7 Å². The van der Waals surface area contributed by atoms with Gasteiger partial charge in [0, 0.05) is 16.8 Å². The summed E-state index contributed by atoms with van der Waals surface area (Å²) in [4.78, 5) is 4.19. The molecule has 0 aliphatic carbocycles. The largest absolute Gasteiger partial charge is 0.249 e. The maximum Gasteiger partial charge on any atom is 0.0794 e. The van der Waals surface area contributed by atoms with Crippen molar-refractivity contribution in [2.45, 2.75) is 6.42 Å². The minimum Gasteiger partial charge on any atom is -0.249 e. The molecule has 5 heteroatoms. The van der Waals surface area contributed by atoms with Gasteiger partial charge < -0.3 is 0 Å². The first kappa shape index (κ1) is 11.2. The molecule has 1 nitrogen and oxygen atoms in total. The molecule has 1 heterocycles. The van der Waals surface area contributed by atoms with Crippen molar-refractivity contribution in [3.8, 4) is 0 Å². The third kappa shape index (κ3) is 2.64. The first-order valence-electron chi connectivity index (χ1n) is 4.17. The highest BCUT2D eigenvalue weighted by atomic mass is 35.5. The summed E-state index contributed by atoms with van der Waals surface area (Å²) in [5, 5.41) is 3.60. The van der Waals surface area contributed by atoms with E-state index < -0.39 is 0 Å². The van der Waals surface area contributed by atoms with E-state index in [0.717, 1.165) is 11.3 Å². The number of thiazole rings is 1. The van der Waals surface area contributed by atoms with Crippen LogP contribution in [-0.2, 0) is 6.42 Å². The lowest BCUT2D eigenvalue weighted by Gasteiger charge is -2.04. The molecule has 0 unspecified atom stereocenters. The van der Waals surface area contributed by atoms with Crippen LogP contribution in [0.2, 0.25) is 15.1 Å². The molecule has 0 fully saturated rings. The summed E-state index contributed by atoms with van der Waals surface area (Å²) < 4.78 is 0. The Hall–Kier alpha value is -0.280. The van der Waals surface area contributed by atoms with Crippen LogP contribution in [0.15, 0.2) is 23.0 Å². The van der Waals surface area contributed by atoms with E-state index in [2.05, 4.69) is 4.98 Å². The number of halogens is 3. The molecule has 0 aliphatic rings. The number of hydrogen-bond acceptors (Lipinski definition) is 2. The maximum atomic E-state index is 6.05. The van der Waals surface area contributed by atoms with Gasteiger partial charge in [0.05, 0.1) is 21.2 Å². The van der Waals surface area contributed by atoms with E-state index in [-0.39, 0.29) is 0 Å². The second-order valence-electron chi connectivity index (χ2n) is 3.01. The molecule has 2 rings (SSSR count). The second kappa shape index (κ2) is 4.71. The predicted molar refractivity (Wildman–Crippen MR) is 66.4 cm³/mol. The van der Waals surface area contributed by atoms with Gasteiger partial charge in [0.25, 0.3) is 0 Å². The molecule has 0 radical (unpaired) electrons. The standard InChI is InChI=1S/C10H6Cl3NS/c11-8-3-10(13)9(12)2-6(8)1-7-4-15-5-14-7/h2-5H,1H2. The van der Waals surface area contributed by atoms with Crippen LogP contribution in [0.3, 0.4) is 0 Å². The average Bonchev–Trinajstić information content (AvgIpc) is 2.67. The molecule has 2 aromatic rings. The number of hydrogen-bond donors (Lipinski definition) is 0. The van der Waals surface area contributed by atoms with Crippen LogP contribution in [-0.4, -0.2) is 4.98 Å². The van der Waals surface area contributed by atoms with Gasteiger partial charge in [-0.15, -0.1) is 11.3 Å². The Kier molecular flexibility index (Phi) is 3.52. The van der Waals surface area contributed by atoms with Gasteiger partial charge in [-0.3, -0.25) is 0 Å². The van der Waals surface area contributed by atoms with E-state index in [4.69, 9.17) is 34.8 Å². The lowest BCUT2D eigenvalue weighted by atomic mass is 10.1. The minimum absolute atomic E-state index is 0.476. The molecule has 0 atom stereocenters. The van der Waals surface area contributed by atoms with Crippen LogP contribution in [0, 0.1) is 0 Å². The second-order valence-corrected chi connectivity index (χ2v) is 4.95. The molecule has 0 aliphatic heterocycles. The van der Waals surface area contributed by atoms with Crippen molar-refractivity contribution in [3.05, 3.63) is 49.3 Å². The fourth-order valence-corrected chi connectivity index (χ4v) is 2.41. The molecule has 0 bridgehead atoms. The van der Waals surface area contributed by atoms with E-state index in [0.29, 0.717) is 21.5 Å². The first-order valence-corrected chi connectivity index (χ1v) is 6.25. The first-order chi connectivity index (χ1) is 7.16. The highest BCUT2D eigenvalue weighted by molar-refractivity contribution is 7.07. The normalized spacial score (nSPS) is 10.6. The van der Waals surface area contributed by atoms with Crippen molar-refractivity contribution < 1.29 is 0 Å². The zero-order chi connectivity index (χ0) is 10.8. The predicted octanol–water partition coefficient (Wildman–Crippen LogP) is 4.69. The Morgan fingerprint density at radius 1 is 1.07 bits per heavy atom. The van der Waals surface area contributed by atoms with Gasteiger partial charge in [-0.2, -0.15) is 0 Å². The van der Waals surface area contributed by atoms with Gasteiger partial charge in [-0.1, -0.05) is 34.8 Å². The van der Waals surface area contributed by atoms with E-state index in [1.165, 1.54) is 0 Å². The van der Waals surface area contributed by atoms with Crippen molar-refractivity contribution in [1.29, 1.82) is 0 Å². The van der Waals surface area contributed by atoms with E-state index in [1.54, 1.807) is 29.0 Å². The molecule has 15 heavy (non-hydrogen) atoms. The smallest absolute Gasteiger partial charge is 0.0794 e. The van der Waals surface area contributed by atoms with Crippen molar-refractivity contribution in [3.63, 3.8) is 0 Å². The monoisotopic (exact) mass is 277 g/mol. The van der Waals surface area contributed by atoms with Crippen molar-refractivity contribution in [2.24, 2.45) is 0 Å². The van der Waals surface area contributed by atoms with Crippen LogP contribution >= 0.6 is 46.1 Å². The van der Waals surface area contributed by atoms with Gasteiger partial charge in [-0.25, -0.2) is 4.98 Å². The summed E-state index contributed by atoms with van der Waals surface area (Å²) >= 11 is 19.4. The fraction of sp³-hybridized carbons (Fsp3) is 0.100. The summed E-state index contributed by atoms with van der Waals surface area (Å²) in [6.45, 7) is 0. The van der Waals surface area contributed by atoms with Gasteiger partial charge in [0.15, 0.2) is 0 Å². The Labute approximate surface area is 107 Å². The van der Waals surface area contributed by atoms with E-state index >= 15 is 0 Å². The van der Waals surface area contributed by atoms with Crippen molar-refractivity contribution in [1.82, 2.24) is 4.98 Å². The Balaban J connectivity index is 2.33. The van der Waals surface area contributed by atoms with Gasteiger partial charge >= 0.3 is 0 Å². The third-order valence-corrected chi connectivity index (χ3v) is 3.65. The number of aromatic nitrogens is 1.